The van der Waals surface area contributed by atoms with Crippen molar-refractivity contribution in [3.63, 3.8) is 0 Å². The van der Waals surface area contributed by atoms with Crippen LogP contribution in [0.5, 0.6) is 5.75 Å². The van der Waals surface area contributed by atoms with Crippen molar-refractivity contribution in [2.24, 2.45) is 0 Å². The molecule has 0 aliphatic carbocycles. The summed E-state index contributed by atoms with van der Waals surface area (Å²) in [7, 11) is 3.00. The van der Waals surface area contributed by atoms with Crippen molar-refractivity contribution >= 4 is 39.8 Å². The summed E-state index contributed by atoms with van der Waals surface area (Å²) in [6.07, 6.45) is -0.536. The lowest BCUT2D eigenvalue weighted by Gasteiger charge is -2.19. The van der Waals surface area contributed by atoms with Crippen LogP contribution < -0.4 is 15.0 Å². The highest BCUT2D eigenvalue weighted by Crippen LogP contribution is 2.44. The Morgan fingerprint density at radius 3 is 2.45 bits per heavy atom. The molecule has 220 valence electrons. The number of nitrogens with zero attached hydrogens (tertiary/aromatic N) is 2. The average molecular weight is 596 g/mol. The van der Waals surface area contributed by atoms with Crippen LogP contribution in [0.3, 0.4) is 0 Å². The average Bonchev–Trinajstić information content (AvgIpc) is 3.77. The molecule has 3 heterocycles. The van der Waals surface area contributed by atoms with Crippen LogP contribution in [0, 0.1) is 11.6 Å². The first-order valence-corrected chi connectivity index (χ1v) is 13.6. The predicted octanol–water partition coefficient (Wildman–Crippen LogP) is 7.18. The quantitative estimate of drug-likeness (QED) is 0.217. The van der Waals surface area contributed by atoms with E-state index in [0.717, 1.165) is 0 Å². The maximum absolute atomic E-state index is 14.5. The lowest BCUT2D eigenvalue weighted by molar-refractivity contribution is 0.0964. The largest absolute Gasteiger partial charge is 0.496 e. The minimum atomic E-state index is -0.536. The molecule has 0 radical (unpaired) electrons. The number of furan rings is 1. The first-order chi connectivity index (χ1) is 21.4. The van der Waals surface area contributed by atoms with Crippen LogP contribution in [-0.4, -0.2) is 44.3 Å². The highest BCUT2D eigenvalue weighted by atomic mass is 19.1. The molecule has 0 unspecified atom stereocenters. The predicted molar refractivity (Wildman–Crippen MR) is 159 cm³/mol. The van der Waals surface area contributed by atoms with Gasteiger partial charge in [-0.1, -0.05) is 12.1 Å². The zero-order chi connectivity index (χ0) is 30.5. The number of fused-ring (bicyclic) bond motifs is 2. The summed E-state index contributed by atoms with van der Waals surface area (Å²) < 4.78 is 51.1. The molecule has 1 N–H and O–H groups in total. The minimum absolute atomic E-state index is 0.0822. The molecular formula is C33H23F2N3O6. The van der Waals surface area contributed by atoms with Crippen molar-refractivity contribution in [1.82, 2.24) is 10.3 Å². The second-order valence-electron chi connectivity index (χ2n) is 10.0. The summed E-state index contributed by atoms with van der Waals surface area (Å²) in [6, 6.07) is 18.8. The molecule has 2 aromatic heterocycles. The minimum Gasteiger partial charge on any atom is -0.496 e. The number of anilines is 1. The summed E-state index contributed by atoms with van der Waals surface area (Å²) in [5.41, 5.74) is 3.55. The summed E-state index contributed by atoms with van der Waals surface area (Å²) >= 11 is 0. The number of methoxy groups -OCH3 is 1. The van der Waals surface area contributed by atoms with Gasteiger partial charge in [0, 0.05) is 29.6 Å². The van der Waals surface area contributed by atoms with E-state index in [1.54, 1.807) is 36.4 Å². The van der Waals surface area contributed by atoms with Gasteiger partial charge in [0.05, 0.1) is 30.5 Å². The maximum atomic E-state index is 14.5. The summed E-state index contributed by atoms with van der Waals surface area (Å²) in [5.74, 6) is -0.550. The fraction of sp³-hybridized carbons (Fsp3) is 0.121. The number of carbonyl (C=O) groups is 2. The van der Waals surface area contributed by atoms with Gasteiger partial charge in [0.15, 0.2) is 11.4 Å². The van der Waals surface area contributed by atoms with Crippen LogP contribution in [-0.2, 0) is 4.74 Å². The number of benzene rings is 4. The topological polar surface area (TPSA) is 107 Å². The molecule has 0 atom stereocenters. The Morgan fingerprint density at radius 1 is 0.955 bits per heavy atom. The van der Waals surface area contributed by atoms with Gasteiger partial charge in [0.1, 0.15) is 35.0 Å². The lowest BCUT2D eigenvalue weighted by atomic mass is 9.96. The molecule has 0 spiro atoms. The zero-order valence-electron chi connectivity index (χ0n) is 23.4. The number of aromatic nitrogens is 1. The second kappa shape index (κ2) is 10.5. The molecule has 11 heteroatoms. The van der Waals surface area contributed by atoms with Crippen molar-refractivity contribution in [2.45, 2.75) is 0 Å². The number of hydrogen-bond acceptors (Lipinski definition) is 7. The summed E-state index contributed by atoms with van der Waals surface area (Å²) in [6.45, 7) is 0.486. The third-order valence-corrected chi connectivity index (χ3v) is 7.53. The lowest BCUT2D eigenvalue weighted by Crippen LogP contribution is -2.24. The third kappa shape index (κ3) is 4.41. The molecule has 7 rings (SSSR count). The first kappa shape index (κ1) is 27.1. The Kier molecular flexibility index (Phi) is 6.50. The van der Waals surface area contributed by atoms with E-state index in [4.69, 9.17) is 18.3 Å². The van der Waals surface area contributed by atoms with Crippen LogP contribution >= 0.6 is 0 Å². The monoisotopic (exact) mass is 595 g/mol. The van der Waals surface area contributed by atoms with Crippen LogP contribution in [0.1, 0.15) is 10.4 Å². The fourth-order valence-electron chi connectivity index (χ4n) is 5.43. The normalized spacial score (nSPS) is 13.1. The highest BCUT2D eigenvalue weighted by molar-refractivity contribution is 6.13. The first-order valence-electron chi connectivity index (χ1n) is 13.6. The van der Waals surface area contributed by atoms with E-state index < -0.39 is 23.6 Å². The number of ether oxygens (including phenoxy) is 2. The summed E-state index contributed by atoms with van der Waals surface area (Å²) in [5, 5.41) is 3.12. The number of halogens is 2. The molecule has 1 fully saturated rings. The molecule has 4 aromatic carbocycles. The van der Waals surface area contributed by atoms with Gasteiger partial charge in [-0.2, -0.15) is 0 Å². The van der Waals surface area contributed by atoms with E-state index in [1.165, 1.54) is 55.5 Å². The van der Waals surface area contributed by atoms with E-state index in [-0.39, 0.29) is 34.9 Å². The summed E-state index contributed by atoms with van der Waals surface area (Å²) in [4.78, 5) is 31.9. The molecule has 2 amide bonds. The van der Waals surface area contributed by atoms with Crippen LogP contribution in [0.2, 0.25) is 0 Å². The van der Waals surface area contributed by atoms with E-state index in [1.807, 2.05) is 0 Å². The van der Waals surface area contributed by atoms with Gasteiger partial charge in [-0.15, -0.1) is 0 Å². The second-order valence-corrected chi connectivity index (χ2v) is 10.0. The van der Waals surface area contributed by atoms with Gasteiger partial charge in [-0.3, -0.25) is 9.69 Å². The van der Waals surface area contributed by atoms with Gasteiger partial charge in [0.2, 0.25) is 5.89 Å². The Bertz CT molecular complexity index is 2100. The van der Waals surface area contributed by atoms with E-state index in [0.29, 0.717) is 51.2 Å². The molecule has 1 aliphatic heterocycles. The van der Waals surface area contributed by atoms with Crippen LogP contribution in [0.25, 0.3) is 56.0 Å². The van der Waals surface area contributed by atoms with Crippen LogP contribution in [0.4, 0.5) is 19.3 Å². The number of carbonyl (C=O) groups excluding carboxylic acids is 2. The Morgan fingerprint density at radius 2 is 1.75 bits per heavy atom. The molecule has 0 bridgehead atoms. The fourth-order valence-corrected chi connectivity index (χ4v) is 5.43. The number of rotatable bonds is 6. The number of para-hydroxylation sites is 1. The van der Waals surface area contributed by atoms with E-state index in [9.17, 15) is 18.4 Å². The SMILES string of the molecule is CNC(=O)c1c(-c2ccc(F)cc2)oc2cc(N3CCOC3=O)c(-c3ccc(OC)c(-c4nc5c(F)cccc5o4)c3)cc12. The van der Waals surface area contributed by atoms with Crippen LogP contribution in [0.15, 0.2) is 81.6 Å². The number of nitrogens with one attached hydrogen (secondary N) is 1. The van der Waals surface area contributed by atoms with E-state index in [2.05, 4.69) is 10.3 Å². The molecule has 1 saturated heterocycles. The van der Waals surface area contributed by atoms with Gasteiger partial charge < -0.3 is 23.6 Å². The molecule has 44 heavy (non-hydrogen) atoms. The maximum Gasteiger partial charge on any atom is 0.414 e. The molecule has 0 saturated carbocycles. The van der Waals surface area contributed by atoms with Crippen molar-refractivity contribution in [1.29, 1.82) is 0 Å². The van der Waals surface area contributed by atoms with Crippen molar-refractivity contribution in [3.8, 4) is 39.7 Å². The molecule has 1 aliphatic rings. The van der Waals surface area contributed by atoms with Gasteiger partial charge in [-0.05, 0) is 60.2 Å². The highest BCUT2D eigenvalue weighted by Gasteiger charge is 2.30. The van der Waals surface area contributed by atoms with Gasteiger partial charge in [0.25, 0.3) is 5.91 Å². The van der Waals surface area contributed by atoms with Gasteiger partial charge in [-0.25, -0.2) is 18.6 Å². The molecule has 6 aromatic rings. The number of cyclic esters (lactones) is 1. The number of hydrogen-bond donors (Lipinski definition) is 1. The van der Waals surface area contributed by atoms with Crippen molar-refractivity contribution in [2.75, 3.05) is 32.2 Å². The molecular weight excluding hydrogens is 572 g/mol. The smallest absolute Gasteiger partial charge is 0.414 e. The number of oxazole rings is 1. The third-order valence-electron chi connectivity index (χ3n) is 7.53. The van der Waals surface area contributed by atoms with Crippen molar-refractivity contribution < 1.29 is 36.7 Å². The Balaban J connectivity index is 1.48. The van der Waals surface area contributed by atoms with Gasteiger partial charge >= 0.3 is 6.09 Å². The molecule has 9 nitrogen and oxygen atoms in total. The standard InChI is InChI=1S/C33H23F2N3O6/c1-36-31(39)28-21-15-20(18-8-11-25(41-2)22(14-18)32-37-29-23(35)4-3-5-26(29)44-32)24(38-12-13-42-33(38)40)16-27(21)43-30(28)17-6-9-19(34)10-7-17/h3-11,14-16H,12-13H2,1-2H3,(H,36,39). The van der Waals surface area contributed by atoms with Crippen molar-refractivity contribution in [3.05, 3.63) is 90.0 Å². The van der Waals surface area contributed by atoms with E-state index >= 15 is 0 Å². The number of amides is 2. The Labute approximate surface area is 248 Å². The zero-order valence-corrected chi connectivity index (χ0v) is 23.4. The Hall–Kier alpha value is -5.71.